The van der Waals surface area contributed by atoms with E-state index in [0.29, 0.717) is 25.8 Å². The van der Waals surface area contributed by atoms with Gasteiger partial charge in [-0.05, 0) is 67.3 Å². The lowest BCUT2D eigenvalue weighted by Gasteiger charge is -2.16. The molecule has 0 spiro atoms. The molecule has 4 amide bonds. The Morgan fingerprint density at radius 2 is 1.29 bits per heavy atom. The average Bonchev–Trinajstić information content (AvgIpc) is 2.78. The van der Waals surface area contributed by atoms with Crippen molar-refractivity contribution in [1.29, 1.82) is 0 Å². The van der Waals surface area contributed by atoms with E-state index in [-0.39, 0.29) is 48.4 Å². The maximum atomic E-state index is 11.5. The number of amides is 4. The van der Waals surface area contributed by atoms with Crippen LogP contribution in [0.1, 0.15) is 81.1 Å². The fourth-order valence-electron chi connectivity index (χ4n) is 2.43. The van der Waals surface area contributed by atoms with Crippen LogP contribution < -0.4 is 27.4 Å². The van der Waals surface area contributed by atoms with E-state index in [4.69, 9.17) is 20.9 Å². The Balaban J connectivity index is -0.000000499. The molecule has 0 fully saturated rings. The third kappa shape index (κ3) is 25.9. The quantitative estimate of drug-likeness (QED) is 0.102. The summed E-state index contributed by atoms with van der Waals surface area (Å²) in [5, 5.41) is 7.28. The van der Waals surface area contributed by atoms with Crippen LogP contribution in [0.2, 0.25) is 0 Å². The molecule has 0 rings (SSSR count). The van der Waals surface area contributed by atoms with Crippen LogP contribution in [-0.4, -0.2) is 73.5 Å². The molecule has 0 heterocycles. The molecule has 0 radical (unpaired) electrons. The summed E-state index contributed by atoms with van der Waals surface area (Å²) < 4.78 is 9.88. The molecule has 13 heteroatoms. The SMILES string of the molecule is CC(C)OC(=O)C(C)C.CC(C)OC(=O)C(CCCCN)NC=O.CC(CC(N)=O)NC(=O)C(C)NC=O. The standard InChI is InChI=1S/C10H20N2O3.C8H15N3O3.C7H14O2/c1-8(2)15-10(14)9(12-7-13)5-3-4-6-11;1-5(3-7(9)13)11-8(14)6(2)10-4-12;1-5(2)7(8)9-6(3)4/h7-9H,3-6,11H2,1-2H3,(H,12,13);4-6H,3H2,1-2H3,(H2,9,13)(H,10,12)(H,11,14);5-6H,1-4H3. The van der Waals surface area contributed by atoms with E-state index < -0.39 is 18.0 Å². The van der Waals surface area contributed by atoms with Gasteiger partial charge in [0.25, 0.3) is 0 Å². The first-order chi connectivity index (χ1) is 17.6. The van der Waals surface area contributed by atoms with Crippen molar-refractivity contribution in [3.8, 4) is 0 Å². The van der Waals surface area contributed by atoms with Crippen molar-refractivity contribution < 1.29 is 38.2 Å². The molecule has 0 saturated heterocycles. The van der Waals surface area contributed by atoms with Gasteiger partial charge in [0, 0.05) is 12.5 Å². The van der Waals surface area contributed by atoms with Crippen molar-refractivity contribution in [3.63, 3.8) is 0 Å². The van der Waals surface area contributed by atoms with E-state index >= 15 is 0 Å². The van der Waals surface area contributed by atoms with Crippen molar-refractivity contribution in [2.24, 2.45) is 17.4 Å². The number of carbonyl (C=O) groups excluding carboxylic acids is 6. The lowest BCUT2D eigenvalue weighted by molar-refractivity contribution is -0.151. The molecule has 3 atom stereocenters. The molecule has 0 saturated carbocycles. The lowest BCUT2D eigenvalue weighted by atomic mass is 10.1. The first-order valence-corrected chi connectivity index (χ1v) is 12.7. The second kappa shape index (κ2) is 24.1. The molecule has 38 heavy (non-hydrogen) atoms. The lowest BCUT2D eigenvalue weighted by Crippen LogP contribution is -2.45. The minimum Gasteiger partial charge on any atom is -0.463 e. The van der Waals surface area contributed by atoms with Crippen LogP contribution >= 0.6 is 0 Å². The molecule has 13 nitrogen and oxygen atoms in total. The van der Waals surface area contributed by atoms with Crippen molar-refractivity contribution in [2.45, 2.75) is 111 Å². The van der Waals surface area contributed by atoms with Crippen molar-refractivity contribution in [3.05, 3.63) is 0 Å². The predicted molar refractivity (Wildman–Crippen MR) is 143 cm³/mol. The molecule has 3 unspecified atom stereocenters. The van der Waals surface area contributed by atoms with Crippen molar-refractivity contribution in [2.75, 3.05) is 6.54 Å². The van der Waals surface area contributed by atoms with Gasteiger partial charge in [0.15, 0.2) is 0 Å². The highest BCUT2D eigenvalue weighted by Gasteiger charge is 2.19. The summed E-state index contributed by atoms with van der Waals surface area (Å²) in [4.78, 5) is 64.2. The van der Waals surface area contributed by atoms with Gasteiger partial charge < -0.3 is 36.9 Å². The van der Waals surface area contributed by atoms with E-state index in [0.717, 1.165) is 12.8 Å². The zero-order valence-electron chi connectivity index (χ0n) is 24.1. The minimum atomic E-state index is -0.608. The topological polar surface area (TPSA) is 209 Å². The van der Waals surface area contributed by atoms with Crippen LogP contribution in [0.5, 0.6) is 0 Å². The summed E-state index contributed by atoms with van der Waals surface area (Å²) >= 11 is 0. The zero-order valence-corrected chi connectivity index (χ0v) is 24.1. The molecular weight excluding hydrogens is 498 g/mol. The van der Waals surface area contributed by atoms with E-state index in [9.17, 15) is 28.8 Å². The highest BCUT2D eigenvalue weighted by atomic mass is 16.5. The van der Waals surface area contributed by atoms with Gasteiger partial charge in [-0.3, -0.25) is 24.0 Å². The van der Waals surface area contributed by atoms with Gasteiger partial charge in [-0.15, -0.1) is 0 Å². The summed E-state index contributed by atoms with van der Waals surface area (Å²) in [5.41, 5.74) is 10.3. The molecule has 222 valence electrons. The maximum absolute atomic E-state index is 11.5. The first-order valence-electron chi connectivity index (χ1n) is 12.7. The molecule has 0 aliphatic rings. The number of rotatable bonds is 16. The number of nitrogens with two attached hydrogens (primary N) is 2. The number of hydrogen-bond acceptors (Lipinski definition) is 9. The van der Waals surface area contributed by atoms with Crippen LogP contribution in [0.4, 0.5) is 0 Å². The molecule has 0 aromatic heterocycles. The predicted octanol–water partition coefficient (Wildman–Crippen LogP) is 0.277. The van der Waals surface area contributed by atoms with Gasteiger partial charge in [-0.1, -0.05) is 13.8 Å². The number of hydrogen-bond donors (Lipinski definition) is 5. The Hall–Kier alpha value is -3.22. The van der Waals surface area contributed by atoms with Crippen LogP contribution in [0.15, 0.2) is 0 Å². The number of unbranched alkanes of at least 4 members (excludes halogenated alkanes) is 1. The highest BCUT2D eigenvalue weighted by molar-refractivity contribution is 5.84. The number of nitrogens with one attached hydrogen (secondary N) is 3. The number of primary amides is 1. The third-order valence-electron chi connectivity index (χ3n) is 4.28. The Bertz CT molecular complexity index is 701. The van der Waals surface area contributed by atoms with E-state index in [1.165, 1.54) is 0 Å². The van der Waals surface area contributed by atoms with Gasteiger partial charge in [0.1, 0.15) is 12.1 Å². The smallest absolute Gasteiger partial charge is 0.328 e. The normalized spacial score (nSPS) is 12.4. The molecule has 0 aliphatic heterocycles. The van der Waals surface area contributed by atoms with Gasteiger partial charge in [-0.2, -0.15) is 0 Å². The Morgan fingerprint density at radius 3 is 1.66 bits per heavy atom. The summed E-state index contributed by atoms with van der Waals surface area (Å²) in [6.45, 7) is 14.7. The molecule has 0 bridgehead atoms. The van der Waals surface area contributed by atoms with Crippen LogP contribution in [0.25, 0.3) is 0 Å². The van der Waals surface area contributed by atoms with Crippen LogP contribution in [-0.2, 0) is 38.2 Å². The fraction of sp³-hybridized carbons (Fsp3) is 0.760. The second-order valence-electron chi connectivity index (χ2n) is 9.33. The van der Waals surface area contributed by atoms with E-state index in [2.05, 4.69) is 16.0 Å². The molecule has 0 aromatic rings. The molecule has 0 aromatic carbocycles. The maximum Gasteiger partial charge on any atom is 0.328 e. The molecule has 7 N–H and O–H groups in total. The summed E-state index contributed by atoms with van der Waals surface area (Å²) in [6, 6.07) is -1.48. The fourth-order valence-corrected chi connectivity index (χ4v) is 2.43. The molecular formula is C25H49N5O8. The Kier molecular flexibility index (Phi) is 25.0. The van der Waals surface area contributed by atoms with E-state index in [1.54, 1.807) is 27.7 Å². The van der Waals surface area contributed by atoms with Gasteiger partial charge in [-0.25, -0.2) is 4.79 Å². The second-order valence-corrected chi connectivity index (χ2v) is 9.33. The third-order valence-corrected chi connectivity index (χ3v) is 4.28. The largest absolute Gasteiger partial charge is 0.463 e. The van der Waals surface area contributed by atoms with Crippen LogP contribution in [0.3, 0.4) is 0 Å². The van der Waals surface area contributed by atoms with Gasteiger partial charge in [0.05, 0.1) is 18.1 Å². The Morgan fingerprint density at radius 1 is 0.789 bits per heavy atom. The molecule has 0 aliphatic carbocycles. The summed E-state index contributed by atoms with van der Waals surface area (Å²) in [6.07, 6.45) is 3.11. The van der Waals surface area contributed by atoms with Crippen molar-refractivity contribution >= 4 is 36.6 Å². The summed E-state index contributed by atoms with van der Waals surface area (Å²) in [7, 11) is 0. The van der Waals surface area contributed by atoms with Gasteiger partial charge >= 0.3 is 11.9 Å². The first kappa shape index (κ1) is 39.3. The van der Waals surface area contributed by atoms with E-state index in [1.807, 2.05) is 27.7 Å². The Labute approximate surface area is 226 Å². The minimum absolute atomic E-state index is 0.00704. The van der Waals surface area contributed by atoms with Gasteiger partial charge in [0.2, 0.25) is 24.6 Å². The summed E-state index contributed by atoms with van der Waals surface area (Å²) in [5.74, 6) is -1.33. The number of ether oxygens (including phenoxy) is 2. The monoisotopic (exact) mass is 547 g/mol. The average molecular weight is 548 g/mol. The van der Waals surface area contributed by atoms with Crippen LogP contribution in [0, 0.1) is 5.92 Å². The number of esters is 2. The number of carbonyl (C=O) groups is 6. The van der Waals surface area contributed by atoms with Crippen molar-refractivity contribution in [1.82, 2.24) is 16.0 Å². The zero-order chi connectivity index (χ0) is 30.3. The highest BCUT2D eigenvalue weighted by Crippen LogP contribution is 2.04.